The standard InChI is InChI=1S/C15H12BrClFNO3S/c1-10(15(17)20)19(13-6-4-12(18)5-7-13)23(21,22)14-8-2-11(16)3-9-14/h2-10H,1H3. The van der Waals surface area contributed by atoms with Gasteiger partial charge in [-0.15, -0.1) is 0 Å². The van der Waals surface area contributed by atoms with E-state index < -0.39 is 27.1 Å². The largest absolute Gasteiger partial charge is 0.279 e. The van der Waals surface area contributed by atoms with Crippen molar-refractivity contribution in [1.82, 2.24) is 0 Å². The Morgan fingerprint density at radius 2 is 1.65 bits per heavy atom. The first-order chi connectivity index (χ1) is 10.7. The molecule has 23 heavy (non-hydrogen) atoms. The number of rotatable bonds is 5. The average Bonchev–Trinajstić information content (AvgIpc) is 2.49. The molecule has 0 fully saturated rings. The Bertz CT molecular complexity index is 810. The molecule has 0 aliphatic rings. The fourth-order valence-corrected chi connectivity index (χ4v) is 4.01. The van der Waals surface area contributed by atoms with Gasteiger partial charge in [0.1, 0.15) is 11.9 Å². The van der Waals surface area contributed by atoms with Crippen molar-refractivity contribution in [2.45, 2.75) is 17.9 Å². The molecule has 0 radical (unpaired) electrons. The van der Waals surface area contributed by atoms with Gasteiger partial charge in [-0.1, -0.05) is 15.9 Å². The smallest absolute Gasteiger partial charge is 0.265 e. The molecule has 0 saturated heterocycles. The van der Waals surface area contributed by atoms with E-state index in [1.807, 2.05) is 0 Å². The molecule has 0 spiro atoms. The van der Waals surface area contributed by atoms with Gasteiger partial charge < -0.3 is 0 Å². The van der Waals surface area contributed by atoms with Crippen molar-refractivity contribution in [1.29, 1.82) is 0 Å². The maximum atomic E-state index is 13.1. The second-order valence-electron chi connectivity index (χ2n) is 4.71. The lowest BCUT2D eigenvalue weighted by Crippen LogP contribution is -2.42. The van der Waals surface area contributed by atoms with Gasteiger partial charge in [0.05, 0.1) is 10.6 Å². The van der Waals surface area contributed by atoms with Crippen molar-refractivity contribution in [3.63, 3.8) is 0 Å². The van der Waals surface area contributed by atoms with Crippen molar-refractivity contribution in [3.8, 4) is 0 Å². The minimum Gasteiger partial charge on any atom is -0.279 e. The highest BCUT2D eigenvalue weighted by Gasteiger charge is 2.32. The second kappa shape index (κ2) is 6.98. The van der Waals surface area contributed by atoms with Gasteiger partial charge in [-0.25, -0.2) is 12.8 Å². The zero-order valence-electron chi connectivity index (χ0n) is 11.9. The quantitative estimate of drug-likeness (QED) is 0.689. The fourth-order valence-electron chi connectivity index (χ4n) is 1.97. The van der Waals surface area contributed by atoms with Crippen molar-refractivity contribution in [2.24, 2.45) is 0 Å². The van der Waals surface area contributed by atoms with E-state index in [0.717, 1.165) is 16.4 Å². The van der Waals surface area contributed by atoms with Crippen LogP contribution in [0.5, 0.6) is 0 Å². The zero-order valence-corrected chi connectivity index (χ0v) is 15.1. The summed E-state index contributed by atoms with van der Waals surface area (Å²) in [6.07, 6.45) is 0. The number of hydrogen-bond donors (Lipinski definition) is 0. The molecule has 0 saturated carbocycles. The molecular weight excluding hydrogens is 409 g/mol. The third-order valence-electron chi connectivity index (χ3n) is 3.13. The van der Waals surface area contributed by atoms with Crippen LogP contribution in [0.1, 0.15) is 6.92 Å². The summed E-state index contributed by atoms with van der Waals surface area (Å²) in [5.41, 5.74) is 0.149. The molecule has 0 aliphatic heterocycles. The second-order valence-corrected chi connectivity index (χ2v) is 7.81. The zero-order chi connectivity index (χ0) is 17.2. The molecule has 0 N–H and O–H groups in total. The van der Waals surface area contributed by atoms with Crippen molar-refractivity contribution >= 4 is 48.5 Å². The van der Waals surface area contributed by atoms with E-state index in [1.54, 1.807) is 12.1 Å². The molecule has 0 amide bonds. The van der Waals surface area contributed by atoms with Crippen LogP contribution in [0.2, 0.25) is 0 Å². The molecule has 0 heterocycles. The first kappa shape index (κ1) is 17.9. The molecule has 2 aromatic carbocycles. The summed E-state index contributed by atoms with van der Waals surface area (Å²) in [5, 5.41) is -0.838. The Hall–Kier alpha value is -1.44. The summed E-state index contributed by atoms with van der Waals surface area (Å²) >= 11 is 8.73. The monoisotopic (exact) mass is 419 g/mol. The third-order valence-corrected chi connectivity index (χ3v) is 5.89. The summed E-state index contributed by atoms with van der Waals surface area (Å²) in [7, 11) is -4.04. The Labute approximate surface area is 147 Å². The molecule has 4 nitrogen and oxygen atoms in total. The van der Waals surface area contributed by atoms with Crippen LogP contribution in [-0.2, 0) is 14.8 Å². The van der Waals surface area contributed by atoms with Gasteiger partial charge in [-0.2, -0.15) is 0 Å². The Balaban J connectivity index is 2.58. The fraction of sp³-hybridized carbons (Fsp3) is 0.133. The average molecular weight is 421 g/mol. The van der Waals surface area contributed by atoms with Gasteiger partial charge in [0.25, 0.3) is 10.0 Å². The maximum absolute atomic E-state index is 13.1. The van der Waals surface area contributed by atoms with E-state index in [0.29, 0.717) is 4.47 Å². The molecule has 122 valence electrons. The van der Waals surface area contributed by atoms with E-state index in [9.17, 15) is 17.6 Å². The summed E-state index contributed by atoms with van der Waals surface area (Å²) in [4.78, 5) is 11.5. The van der Waals surface area contributed by atoms with Gasteiger partial charge in [-0.3, -0.25) is 9.10 Å². The first-order valence-corrected chi connectivity index (χ1v) is 9.09. The highest BCUT2D eigenvalue weighted by molar-refractivity contribution is 9.10. The van der Waals surface area contributed by atoms with Crippen LogP contribution in [0.25, 0.3) is 0 Å². The van der Waals surface area contributed by atoms with Crippen LogP contribution in [0, 0.1) is 5.82 Å². The minimum atomic E-state index is -4.04. The van der Waals surface area contributed by atoms with E-state index in [1.165, 1.54) is 31.2 Å². The first-order valence-electron chi connectivity index (χ1n) is 6.48. The summed E-state index contributed by atoms with van der Waals surface area (Å²) < 4.78 is 40.5. The summed E-state index contributed by atoms with van der Waals surface area (Å²) in [6.45, 7) is 1.37. The van der Waals surface area contributed by atoms with Crippen LogP contribution >= 0.6 is 27.5 Å². The number of hydrogen-bond acceptors (Lipinski definition) is 3. The molecule has 0 aromatic heterocycles. The molecule has 0 bridgehead atoms. The van der Waals surface area contributed by atoms with E-state index >= 15 is 0 Å². The van der Waals surface area contributed by atoms with Gasteiger partial charge in [-0.05, 0) is 67.1 Å². The minimum absolute atomic E-state index is 0.00482. The van der Waals surface area contributed by atoms with E-state index in [2.05, 4.69) is 15.9 Å². The predicted molar refractivity (Wildman–Crippen MR) is 90.5 cm³/mol. The van der Waals surface area contributed by atoms with Crippen LogP contribution in [-0.4, -0.2) is 19.7 Å². The lowest BCUT2D eigenvalue weighted by Gasteiger charge is -2.28. The Morgan fingerprint density at radius 3 is 2.13 bits per heavy atom. The maximum Gasteiger partial charge on any atom is 0.265 e. The molecule has 2 rings (SSSR count). The Kier molecular flexibility index (Phi) is 5.44. The number of carbonyl (C=O) groups is 1. The van der Waals surface area contributed by atoms with Crippen molar-refractivity contribution < 1.29 is 17.6 Å². The number of carbonyl (C=O) groups excluding carboxylic acids is 1. The highest BCUT2D eigenvalue weighted by Crippen LogP contribution is 2.28. The number of benzene rings is 2. The predicted octanol–water partition coefficient (Wildman–Crippen LogP) is 3.94. The number of anilines is 1. The van der Waals surface area contributed by atoms with E-state index in [-0.39, 0.29) is 10.6 Å². The van der Waals surface area contributed by atoms with Crippen LogP contribution in [0.3, 0.4) is 0 Å². The van der Waals surface area contributed by atoms with Crippen molar-refractivity contribution in [2.75, 3.05) is 4.31 Å². The number of halogens is 3. The molecule has 1 atom stereocenters. The lowest BCUT2D eigenvalue weighted by molar-refractivity contribution is -0.112. The van der Waals surface area contributed by atoms with Crippen LogP contribution in [0.15, 0.2) is 57.9 Å². The Morgan fingerprint density at radius 1 is 1.13 bits per heavy atom. The number of nitrogens with zero attached hydrogens (tertiary/aromatic N) is 1. The van der Waals surface area contributed by atoms with Gasteiger partial charge >= 0.3 is 0 Å². The number of sulfonamides is 1. The topological polar surface area (TPSA) is 54.5 Å². The van der Waals surface area contributed by atoms with Crippen molar-refractivity contribution in [3.05, 3.63) is 58.8 Å². The SMILES string of the molecule is CC(C(=O)Cl)N(c1ccc(F)cc1)S(=O)(=O)c1ccc(Br)cc1. The van der Waals surface area contributed by atoms with Gasteiger partial charge in [0.2, 0.25) is 5.24 Å². The molecule has 1 unspecified atom stereocenters. The summed E-state index contributed by atoms with van der Waals surface area (Å²) in [5.74, 6) is -0.514. The lowest BCUT2D eigenvalue weighted by atomic mass is 10.3. The molecular formula is C15H12BrClFNO3S. The normalized spacial score (nSPS) is 12.7. The van der Waals surface area contributed by atoms with E-state index in [4.69, 9.17) is 11.6 Å². The highest BCUT2D eigenvalue weighted by atomic mass is 79.9. The molecule has 2 aromatic rings. The summed E-state index contributed by atoms with van der Waals surface area (Å²) in [6, 6.07) is 9.60. The van der Waals surface area contributed by atoms with Gasteiger partial charge in [0, 0.05) is 4.47 Å². The molecule has 8 heteroatoms. The van der Waals surface area contributed by atoms with Crippen LogP contribution < -0.4 is 4.31 Å². The molecule has 0 aliphatic carbocycles. The van der Waals surface area contributed by atoms with Gasteiger partial charge in [0.15, 0.2) is 0 Å². The third kappa shape index (κ3) is 3.91. The van der Waals surface area contributed by atoms with Crippen LogP contribution in [0.4, 0.5) is 10.1 Å².